The number of ether oxygens (including phenoxy) is 3. The third-order valence-electron chi connectivity index (χ3n) is 2.93. The molecule has 92 valence electrons. The molecule has 0 bridgehead atoms. The van der Waals surface area contributed by atoms with Crippen molar-refractivity contribution in [3.63, 3.8) is 0 Å². The van der Waals surface area contributed by atoms with E-state index in [9.17, 15) is 0 Å². The van der Waals surface area contributed by atoms with E-state index in [0.29, 0.717) is 19.3 Å². The molecule has 0 spiro atoms. The third kappa shape index (κ3) is 3.48. The molecule has 1 saturated heterocycles. The Labute approximate surface area is 103 Å². The standard InChI is InChI=1S/C13H19BO3/c1-3-15-10-4-5-13(14)12(6-10)9(2)16-7-11-8-17-11/h4-6,9,11H,3,7-8,14H2,1-2H3/t9-,11+/m1/s1. The number of rotatable bonds is 6. The molecule has 0 amide bonds. The van der Waals surface area contributed by atoms with E-state index in [1.54, 1.807) is 0 Å². The quantitative estimate of drug-likeness (QED) is 0.539. The van der Waals surface area contributed by atoms with Crippen LogP contribution in [0.15, 0.2) is 18.2 Å². The van der Waals surface area contributed by atoms with Crippen LogP contribution in [0.2, 0.25) is 0 Å². The van der Waals surface area contributed by atoms with Gasteiger partial charge >= 0.3 is 0 Å². The SMILES string of the molecule is Bc1ccc(OCC)cc1[C@@H](C)OC[C@H]1CO1. The number of epoxide rings is 1. The zero-order valence-electron chi connectivity index (χ0n) is 10.7. The van der Waals surface area contributed by atoms with E-state index in [2.05, 4.69) is 26.9 Å². The summed E-state index contributed by atoms with van der Waals surface area (Å²) in [4.78, 5) is 0. The van der Waals surface area contributed by atoms with Gasteiger partial charge in [0.2, 0.25) is 0 Å². The largest absolute Gasteiger partial charge is 0.494 e. The molecule has 1 aromatic rings. The van der Waals surface area contributed by atoms with Gasteiger partial charge in [0.1, 0.15) is 19.7 Å². The van der Waals surface area contributed by atoms with Crippen LogP contribution in [0.1, 0.15) is 25.5 Å². The summed E-state index contributed by atoms with van der Waals surface area (Å²) in [5, 5.41) is 0. The van der Waals surface area contributed by atoms with Gasteiger partial charge in [-0.2, -0.15) is 0 Å². The van der Waals surface area contributed by atoms with Crippen LogP contribution in [0, 0.1) is 0 Å². The van der Waals surface area contributed by atoms with Crippen molar-refractivity contribution in [3.8, 4) is 5.75 Å². The molecule has 0 N–H and O–H groups in total. The minimum atomic E-state index is 0.0830. The van der Waals surface area contributed by atoms with E-state index in [1.807, 2.05) is 13.0 Å². The van der Waals surface area contributed by atoms with Crippen LogP contribution >= 0.6 is 0 Å². The third-order valence-corrected chi connectivity index (χ3v) is 2.93. The van der Waals surface area contributed by atoms with Crippen molar-refractivity contribution in [1.82, 2.24) is 0 Å². The van der Waals surface area contributed by atoms with Gasteiger partial charge in [-0.15, -0.1) is 0 Å². The Morgan fingerprint density at radius 1 is 1.53 bits per heavy atom. The molecule has 0 aromatic heterocycles. The van der Waals surface area contributed by atoms with E-state index < -0.39 is 0 Å². The van der Waals surface area contributed by atoms with Crippen molar-refractivity contribution in [1.29, 1.82) is 0 Å². The highest BCUT2D eigenvalue weighted by Gasteiger charge is 2.24. The number of hydrogen-bond donors (Lipinski definition) is 0. The van der Waals surface area contributed by atoms with Crippen molar-refractivity contribution in [2.24, 2.45) is 0 Å². The first-order valence-electron chi connectivity index (χ1n) is 6.17. The van der Waals surface area contributed by atoms with E-state index in [-0.39, 0.29) is 6.10 Å². The monoisotopic (exact) mass is 234 g/mol. The summed E-state index contributed by atoms with van der Waals surface area (Å²) >= 11 is 0. The minimum absolute atomic E-state index is 0.0830. The maximum Gasteiger partial charge on any atom is 0.139 e. The zero-order valence-corrected chi connectivity index (χ0v) is 10.7. The summed E-state index contributed by atoms with van der Waals surface area (Å²) in [7, 11) is 2.10. The van der Waals surface area contributed by atoms with Crippen molar-refractivity contribution < 1.29 is 14.2 Å². The summed E-state index contributed by atoms with van der Waals surface area (Å²) < 4.78 is 16.4. The number of benzene rings is 1. The molecule has 1 aliphatic rings. The fourth-order valence-electron chi connectivity index (χ4n) is 1.82. The summed E-state index contributed by atoms with van der Waals surface area (Å²) in [6.45, 7) is 6.27. The van der Waals surface area contributed by atoms with Gasteiger partial charge < -0.3 is 14.2 Å². The summed E-state index contributed by atoms with van der Waals surface area (Å²) in [5.41, 5.74) is 2.43. The first-order valence-corrected chi connectivity index (χ1v) is 6.17. The fraction of sp³-hybridized carbons (Fsp3) is 0.538. The van der Waals surface area contributed by atoms with Gasteiger partial charge in [-0.05, 0) is 31.5 Å². The molecule has 2 rings (SSSR count). The Balaban J connectivity index is 2.02. The van der Waals surface area contributed by atoms with E-state index in [1.165, 1.54) is 11.0 Å². The van der Waals surface area contributed by atoms with Crippen LogP contribution in [-0.2, 0) is 9.47 Å². The van der Waals surface area contributed by atoms with Gasteiger partial charge in [-0.1, -0.05) is 11.5 Å². The Morgan fingerprint density at radius 3 is 2.94 bits per heavy atom. The van der Waals surface area contributed by atoms with Gasteiger partial charge in [-0.3, -0.25) is 0 Å². The molecular weight excluding hydrogens is 215 g/mol. The second-order valence-electron chi connectivity index (χ2n) is 4.38. The van der Waals surface area contributed by atoms with Gasteiger partial charge in [0, 0.05) is 0 Å². The molecule has 1 fully saturated rings. The maximum absolute atomic E-state index is 5.79. The van der Waals surface area contributed by atoms with Crippen LogP contribution < -0.4 is 10.2 Å². The van der Waals surface area contributed by atoms with Gasteiger partial charge in [-0.25, -0.2) is 0 Å². The minimum Gasteiger partial charge on any atom is -0.494 e. The molecule has 0 saturated carbocycles. The molecule has 0 radical (unpaired) electrons. The lowest BCUT2D eigenvalue weighted by Crippen LogP contribution is -2.16. The molecule has 1 aromatic carbocycles. The van der Waals surface area contributed by atoms with Crippen LogP contribution in [0.25, 0.3) is 0 Å². The average Bonchev–Trinajstić information content (AvgIpc) is 3.13. The summed E-state index contributed by atoms with van der Waals surface area (Å²) in [5.74, 6) is 0.909. The van der Waals surface area contributed by atoms with Crippen LogP contribution in [0.4, 0.5) is 0 Å². The van der Waals surface area contributed by atoms with E-state index >= 15 is 0 Å². The first-order chi connectivity index (χ1) is 8.20. The molecule has 4 heteroatoms. The van der Waals surface area contributed by atoms with Crippen LogP contribution in [0.3, 0.4) is 0 Å². The molecule has 17 heavy (non-hydrogen) atoms. The van der Waals surface area contributed by atoms with Gasteiger partial charge in [0.25, 0.3) is 0 Å². The predicted octanol–water partition coefficient (Wildman–Crippen LogP) is 0.820. The lowest BCUT2D eigenvalue weighted by molar-refractivity contribution is 0.0544. The van der Waals surface area contributed by atoms with Gasteiger partial charge in [0.05, 0.1) is 25.9 Å². The molecule has 0 aliphatic carbocycles. The highest BCUT2D eigenvalue weighted by Crippen LogP contribution is 2.21. The van der Waals surface area contributed by atoms with Gasteiger partial charge in [0.15, 0.2) is 0 Å². The van der Waals surface area contributed by atoms with E-state index in [4.69, 9.17) is 14.2 Å². The highest BCUT2D eigenvalue weighted by molar-refractivity contribution is 6.33. The molecule has 1 heterocycles. The number of hydrogen-bond acceptors (Lipinski definition) is 3. The van der Waals surface area contributed by atoms with Crippen molar-refractivity contribution in [2.45, 2.75) is 26.1 Å². The van der Waals surface area contributed by atoms with Crippen molar-refractivity contribution in [3.05, 3.63) is 23.8 Å². The normalized spacial score (nSPS) is 20.0. The first kappa shape index (κ1) is 12.5. The molecule has 1 aliphatic heterocycles. The molecular formula is C13H19BO3. The summed E-state index contributed by atoms with van der Waals surface area (Å²) in [6, 6.07) is 6.14. The molecule has 0 unspecified atom stereocenters. The molecule has 3 nitrogen and oxygen atoms in total. The lowest BCUT2D eigenvalue weighted by atomic mass is 9.88. The average molecular weight is 234 g/mol. The maximum atomic E-state index is 5.79. The van der Waals surface area contributed by atoms with Crippen molar-refractivity contribution >= 4 is 13.3 Å². The molecule has 2 atom stereocenters. The Bertz CT molecular complexity index is 377. The zero-order chi connectivity index (χ0) is 12.3. The predicted molar refractivity (Wildman–Crippen MR) is 69.9 cm³/mol. The second-order valence-corrected chi connectivity index (χ2v) is 4.38. The Kier molecular flexibility index (Phi) is 4.08. The van der Waals surface area contributed by atoms with Crippen LogP contribution in [-0.4, -0.2) is 33.8 Å². The lowest BCUT2D eigenvalue weighted by Gasteiger charge is -2.16. The second kappa shape index (κ2) is 5.56. The highest BCUT2D eigenvalue weighted by atomic mass is 16.6. The van der Waals surface area contributed by atoms with Crippen molar-refractivity contribution in [2.75, 3.05) is 19.8 Å². The van der Waals surface area contributed by atoms with E-state index in [0.717, 1.165) is 12.4 Å². The fourth-order valence-corrected chi connectivity index (χ4v) is 1.82. The van der Waals surface area contributed by atoms with Crippen LogP contribution in [0.5, 0.6) is 5.75 Å². The summed E-state index contributed by atoms with van der Waals surface area (Å²) in [6.07, 6.45) is 0.396. The Hall–Kier alpha value is -0.995. The smallest absolute Gasteiger partial charge is 0.139 e. The topological polar surface area (TPSA) is 31.0 Å². The Morgan fingerprint density at radius 2 is 2.29 bits per heavy atom.